The number of rotatable bonds is 9. The average molecular weight is 399 g/mol. The second kappa shape index (κ2) is 9.59. The van der Waals surface area contributed by atoms with Crippen molar-refractivity contribution in [3.8, 4) is 11.4 Å². The molecule has 0 spiro atoms. The van der Waals surface area contributed by atoms with Gasteiger partial charge in [-0.1, -0.05) is 49.0 Å². The number of aromatic nitrogens is 3. The van der Waals surface area contributed by atoms with Crippen LogP contribution in [0.25, 0.3) is 11.4 Å². The van der Waals surface area contributed by atoms with Gasteiger partial charge in [0.05, 0.1) is 17.6 Å². The van der Waals surface area contributed by atoms with Gasteiger partial charge in [0.2, 0.25) is 5.91 Å². The SMILES string of the molecule is CCC(C)NC(=O)CSc1nnc(-c2ccoc2C)n1CCc1ccccc1. The molecular formula is C21H26N4O2S. The molecule has 0 fully saturated rings. The summed E-state index contributed by atoms with van der Waals surface area (Å²) in [6.45, 7) is 6.70. The zero-order valence-electron chi connectivity index (χ0n) is 16.5. The third-order valence-corrected chi connectivity index (χ3v) is 5.60. The number of carbonyl (C=O) groups is 1. The van der Waals surface area contributed by atoms with E-state index in [9.17, 15) is 4.79 Å². The Morgan fingerprint density at radius 1 is 1.25 bits per heavy atom. The van der Waals surface area contributed by atoms with Crippen LogP contribution in [-0.4, -0.2) is 32.5 Å². The van der Waals surface area contributed by atoms with Crippen molar-refractivity contribution in [2.24, 2.45) is 0 Å². The van der Waals surface area contributed by atoms with Crippen molar-refractivity contribution in [1.82, 2.24) is 20.1 Å². The molecule has 6 nitrogen and oxygen atoms in total. The van der Waals surface area contributed by atoms with Gasteiger partial charge in [-0.05, 0) is 38.3 Å². The molecule has 0 bridgehead atoms. The fourth-order valence-corrected chi connectivity index (χ4v) is 3.62. The lowest BCUT2D eigenvalue weighted by molar-refractivity contribution is -0.119. The van der Waals surface area contributed by atoms with E-state index >= 15 is 0 Å². The van der Waals surface area contributed by atoms with Gasteiger partial charge in [0, 0.05) is 12.6 Å². The van der Waals surface area contributed by atoms with Gasteiger partial charge in [-0.25, -0.2) is 0 Å². The first-order chi connectivity index (χ1) is 13.6. The van der Waals surface area contributed by atoms with E-state index in [4.69, 9.17) is 4.42 Å². The molecule has 1 aromatic carbocycles. The molecule has 1 unspecified atom stereocenters. The number of amides is 1. The predicted molar refractivity (Wildman–Crippen MR) is 111 cm³/mol. The maximum Gasteiger partial charge on any atom is 0.230 e. The van der Waals surface area contributed by atoms with Crippen molar-refractivity contribution < 1.29 is 9.21 Å². The van der Waals surface area contributed by atoms with Crippen molar-refractivity contribution in [1.29, 1.82) is 0 Å². The number of furan rings is 1. The van der Waals surface area contributed by atoms with Crippen LogP contribution in [0.2, 0.25) is 0 Å². The Balaban J connectivity index is 1.78. The predicted octanol–water partition coefficient (Wildman–Crippen LogP) is 4.10. The zero-order valence-corrected chi connectivity index (χ0v) is 17.3. The summed E-state index contributed by atoms with van der Waals surface area (Å²) in [6, 6.07) is 12.4. The van der Waals surface area contributed by atoms with E-state index in [0.717, 1.165) is 41.7 Å². The molecule has 0 saturated heterocycles. The number of aryl methyl sites for hydroxylation is 2. The Hall–Kier alpha value is -2.54. The fraction of sp³-hybridized carbons (Fsp3) is 0.381. The third-order valence-electron chi connectivity index (χ3n) is 4.64. The summed E-state index contributed by atoms with van der Waals surface area (Å²) in [5.41, 5.74) is 2.17. The molecule has 3 aromatic rings. The summed E-state index contributed by atoms with van der Waals surface area (Å²) in [5.74, 6) is 1.91. The molecule has 2 heterocycles. The van der Waals surface area contributed by atoms with Gasteiger partial charge in [0.15, 0.2) is 11.0 Å². The van der Waals surface area contributed by atoms with Gasteiger partial charge in [0.25, 0.3) is 0 Å². The maximum absolute atomic E-state index is 12.2. The minimum Gasteiger partial charge on any atom is -0.469 e. The summed E-state index contributed by atoms with van der Waals surface area (Å²) >= 11 is 1.41. The average Bonchev–Trinajstić information content (AvgIpc) is 3.30. The lowest BCUT2D eigenvalue weighted by atomic mass is 10.1. The largest absolute Gasteiger partial charge is 0.469 e. The first-order valence-corrected chi connectivity index (χ1v) is 10.5. The van der Waals surface area contributed by atoms with E-state index in [-0.39, 0.29) is 11.9 Å². The number of nitrogens with one attached hydrogen (secondary N) is 1. The van der Waals surface area contributed by atoms with Crippen molar-refractivity contribution in [3.63, 3.8) is 0 Å². The first kappa shape index (κ1) is 20.2. The van der Waals surface area contributed by atoms with Crippen LogP contribution < -0.4 is 5.32 Å². The van der Waals surface area contributed by atoms with Crippen LogP contribution in [0.4, 0.5) is 0 Å². The summed E-state index contributed by atoms with van der Waals surface area (Å²) < 4.78 is 7.52. The van der Waals surface area contributed by atoms with E-state index in [2.05, 4.69) is 39.1 Å². The molecule has 3 rings (SSSR count). The Labute approximate surface area is 169 Å². The number of nitrogens with zero attached hydrogens (tertiary/aromatic N) is 3. The standard InChI is InChI=1S/C21H26N4O2S/c1-4-15(2)22-19(26)14-28-21-24-23-20(18-11-13-27-16(18)3)25(21)12-10-17-8-6-5-7-9-17/h5-9,11,13,15H,4,10,12,14H2,1-3H3,(H,22,26). The molecule has 2 aromatic heterocycles. The molecule has 1 N–H and O–H groups in total. The number of hydrogen-bond acceptors (Lipinski definition) is 5. The van der Waals surface area contributed by atoms with Crippen LogP contribution in [0, 0.1) is 6.92 Å². The highest BCUT2D eigenvalue weighted by Crippen LogP contribution is 2.27. The molecule has 0 aliphatic carbocycles. The van der Waals surface area contributed by atoms with Gasteiger partial charge in [-0.15, -0.1) is 10.2 Å². The summed E-state index contributed by atoms with van der Waals surface area (Å²) in [5, 5.41) is 12.5. The molecular weight excluding hydrogens is 372 g/mol. The van der Waals surface area contributed by atoms with E-state index in [0.29, 0.717) is 5.75 Å². The lowest BCUT2D eigenvalue weighted by Crippen LogP contribution is -2.33. The molecule has 28 heavy (non-hydrogen) atoms. The summed E-state index contributed by atoms with van der Waals surface area (Å²) in [7, 11) is 0. The topological polar surface area (TPSA) is 73.0 Å². The quantitative estimate of drug-likeness (QED) is 0.550. The fourth-order valence-electron chi connectivity index (χ4n) is 2.85. The van der Waals surface area contributed by atoms with E-state index in [1.807, 2.05) is 38.1 Å². The second-order valence-corrected chi connectivity index (χ2v) is 7.69. The van der Waals surface area contributed by atoms with Gasteiger partial charge in [-0.2, -0.15) is 0 Å². The second-order valence-electron chi connectivity index (χ2n) is 6.75. The van der Waals surface area contributed by atoms with Crippen LogP contribution in [0.3, 0.4) is 0 Å². The molecule has 1 atom stereocenters. The van der Waals surface area contributed by atoms with E-state index in [1.54, 1.807) is 6.26 Å². The van der Waals surface area contributed by atoms with Gasteiger partial charge in [-0.3, -0.25) is 4.79 Å². The minimum absolute atomic E-state index is 0.0120. The van der Waals surface area contributed by atoms with Crippen LogP contribution in [0.5, 0.6) is 0 Å². The molecule has 0 saturated carbocycles. The summed E-state index contributed by atoms with van der Waals surface area (Å²) in [6.07, 6.45) is 3.43. The molecule has 1 amide bonds. The molecule has 148 valence electrons. The normalized spacial score (nSPS) is 12.1. The molecule has 7 heteroatoms. The van der Waals surface area contributed by atoms with Gasteiger partial charge < -0.3 is 14.3 Å². The highest BCUT2D eigenvalue weighted by atomic mass is 32.2. The molecule has 0 radical (unpaired) electrons. The van der Waals surface area contributed by atoms with Gasteiger partial charge >= 0.3 is 0 Å². The Kier molecular flexibility index (Phi) is 6.92. The monoisotopic (exact) mass is 398 g/mol. The van der Waals surface area contributed by atoms with E-state index < -0.39 is 0 Å². The lowest BCUT2D eigenvalue weighted by Gasteiger charge is -2.12. The number of carbonyl (C=O) groups excluding carboxylic acids is 1. The van der Waals surface area contributed by atoms with Crippen LogP contribution in [0.1, 0.15) is 31.6 Å². The van der Waals surface area contributed by atoms with Crippen molar-refractivity contribution in [3.05, 3.63) is 54.0 Å². The zero-order chi connectivity index (χ0) is 19.9. The number of thioether (sulfide) groups is 1. The van der Waals surface area contributed by atoms with Crippen LogP contribution in [-0.2, 0) is 17.8 Å². The highest BCUT2D eigenvalue weighted by molar-refractivity contribution is 7.99. The van der Waals surface area contributed by atoms with Crippen LogP contribution >= 0.6 is 11.8 Å². The van der Waals surface area contributed by atoms with Crippen molar-refractivity contribution in [2.45, 2.75) is 51.4 Å². The summed E-state index contributed by atoms with van der Waals surface area (Å²) in [4.78, 5) is 12.2. The highest BCUT2D eigenvalue weighted by Gasteiger charge is 2.18. The number of benzene rings is 1. The van der Waals surface area contributed by atoms with Crippen molar-refractivity contribution in [2.75, 3.05) is 5.75 Å². The Bertz CT molecular complexity index is 904. The molecule has 0 aliphatic heterocycles. The minimum atomic E-state index is 0.0120. The van der Waals surface area contributed by atoms with Crippen LogP contribution in [0.15, 0.2) is 52.2 Å². The van der Waals surface area contributed by atoms with E-state index in [1.165, 1.54) is 17.3 Å². The first-order valence-electron chi connectivity index (χ1n) is 9.52. The molecule has 0 aliphatic rings. The smallest absolute Gasteiger partial charge is 0.230 e. The third kappa shape index (κ3) is 5.04. The van der Waals surface area contributed by atoms with Crippen molar-refractivity contribution >= 4 is 17.7 Å². The Morgan fingerprint density at radius 3 is 2.71 bits per heavy atom. The van der Waals surface area contributed by atoms with Gasteiger partial charge in [0.1, 0.15) is 5.76 Å². The Morgan fingerprint density at radius 2 is 2.04 bits per heavy atom. The maximum atomic E-state index is 12.2. The number of hydrogen-bond donors (Lipinski definition) is 1.